The van der Waals surface area contributed by atoms with Gasteiger partial charge in [0.2, 0.25) is 0 Å². The van der Waals surface area contributed by atoms with E-state index in [0.29, 0.717) is 12.4 Å². The second kappa shape index (κ2) is 3.84. The summed E-state index contributed by atoms with van der Waals surface area (Å²) in [5, 5.41) is 9.96. The highest BCUT2D eigenvalue weighted by Crippen LogP contribution is 2.24. The molecule has 0 saturated heterocycles. The number of rotatable bonds is 2. The molecule has 1 N–H and O–H groups in total. The number of ether oxygens (including phenoxy) is 1. The van der Waals surface area contributed by atoms with Gasteiger partial charge in [0.25, 0.3) is 0 Å². The highest BCUT2D eigenvalue weighted by Gasteiger charge is 2.19. The van der Waals surface area contributed by atoms with E-state index in [1.54, 1.807) is 17.1 Å². The number of aryl methyl sites for hydroxylation is 1. The van der Waals surface area contributed by atoms with Crippen LogP contribution < -0.4 is 0 Å². The molecule has 2 heterocycles. The molecule has 0 bridgehead atoms. The molecule has 1 aromatic rings. The van der Waals surface area contributed by atoms with Crippen molar-refractivity contribution in [2.45, 2.75) is 18.9 Å². The molecule has 1 aromatic heterocycles. The van der Waals surface area contributed by atoms with Crippen LogP contribution in [0, 0.1) is 0 Å². The van der Waals surface area contributed by atoms with Gasteiger partial charge in [-0.15, -0.1) is 0 Å². The smallest absolute Gasteiger partial charge is 0.152 e. The van der Waals surface area contributed by atoms with Crippen molar-refractivity contribution in [3.05, 3.63) is 30.1 Å². The second-order valence-corrected chi connectivity index (χ2v) is 3.43. The largest absolute Gasteiger partial charge is 0.495 e. The average Bonchev–Trinajstić information content (AvgIpc) is 2.65. The predicted octanol–water partition coefficient (Wildman–Crippen LogP) is 1.15. The molecule has 0 aliphatic carbocycles. The summed E-state index contributed by atoms with van der Waals surface area (Å²) < 4.78 is 7.18. The molecule has 0 saturated carbocycles. The zero-order chi connectivity index (χ0) is 9.97. The van der Waals surface area contributed by atoms with Crippen LogP contribution in [-0.4, -0.2) is 21.3 Å². The van der Waals surface area contributed by atoms with E-state index in [1.807, 2.05) is 13.1 Å². The lowest BCUT2D eigenvalue weighted by Gasteiger charge is -2.19. The van der Waals surface area contributed by atoms with E-state index < -0.39 is 6.10 Å². The third-order valence-electron chi connectivity index (χ3n) is 2.37. The molecule has 14 heavy (non-hydrogen) atoms. The molecule has 1 atom stereocenters. The summed E-state index contributed by atoms with van der Waals surface area (Å²) in [7, 11) is 1.86. The Labute approximate surface area is 82.8 Å². The van der Waals surface area contributed by atoms with Crippen molar-refractivity contribution in [2.75, 3.05) is 6.61 Å². The van der Waals surface area contributed by atoms with Crippen LogP contribution in [0.1, 0.15) is 24.6 Å². The highest BCUT2D eigenvalue weighted by molar-refractivity contribution is 5.15. The van der Waals surface area contributed by atoms with Crippen LogP contribution in [0.5, 0.6) is 0 Å². The molecule has 76 valence electrons. The molecule has 0 aromatic carbocycles. The average molecular weight is 194 g/mol. The fraction of sp³-hybridized carbons (Fsp3) is 0.500. The fourth-order valence-electron chi connectivity index (χ4n) is 1.54. The number of aromatic nitrogens is 2. The predicted molar refractivity (Wildman–Crippen MR) is 51.4 cm³/mol. The molecular weight excluding hydrogens is 180 g/mol. The molecule has 0 spiro atoms. The van der Waals surface area contributed by atoms with E-state index >= 15 is 0 Å². The number of allylic oxidation sites excluding steroid dienone is 1. The molecule has 0 amide bonds. The molecule has 0 fully saturated rings. The second-order valence-electron chi connectivity index (χ2n) is 3.43. The Bertz CT molecular complexity index is 344. The third kappa shape index (κ3) is 1.65. The number of hydrogen-bond donors (Lipinski definition) is 1. The summed E-state index contributed by atoms with van der Waals surface area (Å²) in [6.45, 7) is 0.695. The lowest BCUT2D eigenvalue weighted by molar-refractivity contribution is 0.0878. The van der Waals surface area contributed by atoms with Crippen molar-refractivity contribution in [1.82, 2.24) is 9.55 Å². The number of hydrogen-bond acceptors (Lipinski definition) is 3. The van der Waals surface area contributed by atoms with Gasteiger partial charge in [0.05, 0.1) is 24.8 Å². The van der Waals surface area contributed by atoms with Crippen molar-refractivity contribution in [3.63, 3.8) is 0 Å². The Balaban J connectivity index is 2.19. The van der Waals surface area contributed by atoms with Crippen molar-refractivity contribution in [1.29, 1.82) is 0 Å². The van der Waals surface area contributed by atoms with E-state index in [4.69, 9.17) is 4.74 Å². The van der Waals surface area contributed by atoms with Crippen molar-refractivity contribution in [2.24, 2.45) is 7.05 Å². The van der Waals surface area contributed by atoms with Crippen molar-refractivity contribution >= 4 is 0 Å². The molecule has 0 radical (unpaired) electrons. The van der Waals surface area contributed by atoms with Gasteiger partial charge in [0, 0.05) is 7.05 Å². The number of imidazole rings is 1. The first-order valence-corrected chi connectivity index (χ1v) is 4.76. The summed E-state index contributed by atoms with van der Waals surface area (Å²) in [5.74, 6) is 0.653. The monoisotopic (exact) mass is 194 g/mol. The minimum atomic E-state index is -0.678. The van der Waals surface area contributed by atoms with Crippen LogP contribution in [0.4, 0.5) is 0 Å². The first kappa shape index (κ1) is 9.27. The normalized spacial score (nSPS) is 18.6. The van der Waals surface area contributed by atoms with Crippen LogP contribution in [0.2, 0.25) is 0 Å². The van der Waals surface area contributed by atoms with E-state index in [2.05, 4.69) is 4.98 Å². The SMILES string of the molecule is Cn1cncc1C(O)C1=CCCCO1. The summed E-state index contributed by atoms with van der Waals surface area (Å²) in [4.78, 5) is 3.96. The maximum absolute atomic E-state index is 9.96. The minimum absolute atomic E-state index is 0.653. The highest BCUT2D eigenvalue weighted by atomic mass is 16.5. The zero-order valence-corrected chi connectivity index (χ0v) is 8.18. The first-order chi connectivity index (χ1) is 6.79. The standard InChI is InChI=1S/C10H14N2O2/c1-12-7-11-6-8(12)10(13)9-4-2-3-5-14-9/h4,6-7,10,13H,2-3,5H2,1H3. The minimum Gasteiger partial charge on any atom is -0.495 e. The van der Waals surface area contributed by atoms with Gasteiger partial charge in [-0.3, -0.25) is 0 Å². The van der Waals surface area contributed by atoms with Crippen molar-refractivity contribution in [3.8, 4) is 0 Å². The summed E-state index contributed by atoms with van der Waals surface area (Å²) in [6.07, 6.45) is 6.60. The molecule has 1 aliphatic heterocycles. The number of nitrogens with zero attached hydrogens (tertiary/aromatic N) is 2. The van der Waals surface area contributed by atoms with Crippen LogP contribution in [0.3, 0.4) is 0 Å². The van der Waals surface area contributed by atoms with Gasteiger partial charge in [-0.05, 0) is 18.9 Å². The Kier molecular flexibility index (Phi) is 2.54. The first-order valence-electron chi connectivity index (χ1n) is 4.76. The number of aliphatic hydroxyl groups is 1. The maximum atomic E-state index is 9.96. The van der Waals surface area contributed by atoms with Gasteiger partial charge in [-0.2, -0.15) is 0 Å². The van der Waals surface area contributed by atoms with Gasteiger partial charge in [0.15, 0.2) is 6.10 Å². The van der Waals surface area contributed by atoms with E-state index in [1.165, 1.54) is 0 Å². The lowest BCUT2D eigenvalue weighted by Crippen LogP contribution is -2.12. The topological polar surface area (TPSA) is 47.3 Å². The lowest BCUT2D eigenvalue weighted by atomic mass is 10.1. The van der Waals surface area contributed by atoms with Gasteiger partial charge in [-0.1, -0.05) is 0 Å². The van der Waals surface area contributed by atoms with Crippen LogP contribution in [0.25, 0.3) is 0 Å². The van der Waals surface area contributed by atoms with E-state index in [0.717, 1.165) is 18.5 Å². The Morgan fingerprint density at radius 2 is 2.50 bits per heavy atom. The van der Waals surface area contributed by atoms with Crippen molar-refractivity contribution < 1.29 is 9.84 Å². The molecule has 2 rings (SSSR count). The fourth-order valence-corrected chi connectivity index (χ4v) is 1.54. The van der Waals surface area contributed by atoms with E-state index in [9.17, 15) is 5.11 Å². The van der Waals surface area contributed by atoms with Gasteiger partial charge < -0.3 is 14.4 Å². The Hall–Kier alpha value is -1.29. The molecule has 1 aliphatic rings. The number of aliphatic hydroxyl groups excluding tert-OH is 1. The van der Waals surface area contributed by atoms with Gasteiger partial charge in [-0.25, -0.2) is 4.98 Å². The van der Waals surface area contributed by atoms with Crippen LogP contribution in [-0.2, 0) is 11.8 Å². The molecule has 4 nitrogen and oxygen atoms in total. The quantitative estimate of drug-likeness (QED) is 0.768. The van der Waals surface area contributed by atoms with Gasteiger partial charge >= 0.3 is 0 Å². The molecule has 4 heteroatoms. The van der Waals surface area contributed by atoms with Crippen LogP contribution in [0.15, 0.2) is 24.4 Å². The Morgan fingerprint density at radius 3 is 3.07 bits per heavy atom. The van der Waals surface area contributed by atoms with E-state index in [-0.39, 0.29) is 0 Å². The summed E-state index contributed by atoms with van der Waals surface area (Å²) in [5.41, 5.74) is 0.762. The van der Waals surface area contributed by atoms with Crippen LogP contribution >= 0.6 is 0 Å². The maximum Gasteiger partial charge on any atom is 0.152 e. The third-order valence-corrected chi connectivity index (χ3v) is 2.37. The van der Waals surface area contributed by atoms with Gasteiger partial charge in [0.1, 0.15) is 5.76 Å². The molecular formula is C10H14N2O2. The summed E-state index contributed by atoms with van der Waals surface area (Å²) >= 11 is 0. The zero-order valence-electron chi connectivity index (χ0n) is 8.18. The molecule has 1 unspecified atom stereocenters. The summed E-state index contributed by atoms with van der Waals surface area (Å²) in [6, 6.07) is 0. The Morgan fingerprint density at radius 1 is 1.64 bits per heavy atom.